The summed E-state index contributed by atoms with van der Waals surface area (Å²) in [6.07, 6.45) is 0.621. The first-order chi connectivity index (χ1) is 7.89. The van der Waals surface area contributed by atoms with Crippen LogP contribution in [0.4, 0.5) is 0 Å². The van der Waals surface area contributed by atoms with Crippen molar-refractivity contribution in [1.29, 1.82) is 0 Å². The molecule has 1 fully saturated rings. The Kier molecular flexibility index (Phi) is 4.51. The number of hydrogen-bond donors (Lipinski definition) is 1. The second-order valence-electron chi connectivity index (χ2n) is 4.92. The number of carbonyl (C=O) groups excluding carboxylic acids is 2. The summed E-state index contributed by atoms with van der Waals surface area (Å²) in [5, 5.41) is 2.69. The molecular formula is C12H22N2O3. The monoisotopic (exact) mass is 242 g/mol. The summed E-state index contributed by atoms with van der Waals surface area (Å²) in [7, 11) is 0. The molecule has 2 amide bonds. The molecule has 1 aliphatic heterocycles. The molecule has 5 nitrogen and oxygen atoms in total. The molecule has 1 atom stereocenters. The van der Waals surface area contributed by atoms with E-state index in [0.29, 0.717) is 19.6 Å². The van der Waals surface area contributed by atoms with Crippen LogP contribution in [0.15, 0.2) is 0 Å². The Hall–Kier alpha value is -1.10. The molecule has 0 aliphatic carbocycles. The fraction of sp³-hybridized carbons (Fsp3) is 0.833. The van der Waals surface area contributed by atoms with Crippen LogP contribution in [-0.2, 0) is 14.3 Å². The van der Waals surface area contributed by atoms with E-state index >= 15 is 0 Å². The average Bonchev–Trinajstić information content (AvgIpc) is 2.22. The fourth-order valence-electron chi connectivity index (χ4n) is 2.08. The molecule has 0 aromatic heterocycles. The summed E-state index contributed by atoms with van der Waals surface area (Å²) >= 11 is 0. The minimum Gasteiger partial charge on any atom is -0.374 e. The molecule has 0 spiro atoms. The van der Waals surface area contributed by atoms with Gasteiger partial charge < -0.3 is 15.0 Å². The Morgan fingerprint density at radius 3 is 2.59 bits per heavy atom. The number of nitrogens with zero attached hydrogens (tertiary/aromatic N) is 1. The van der Waals surface area contributed by atoms with E-state index in [1.165, 1.54) is 0 Å². The molecule has 17 heavy (non-hydrogen) atoms. The third-order valence-corrected chi connectivity index (χ3v) is 2.79. The third-order valence-electron chi connectivity index (χ3n) is 2.79. The highest BCUT2D eigenvalue weighted by Crippen LogP contribution is 2.14. The molecule has 0 saturated carbocycles. The lowest BCUT2D eigenvalue weighted by Gasteiger charge is -2.37. The standard InChI is InChI=1S/C12H22N2O3/c1-5-9-11(16)14(7-10(15)13-9)8-12(3,4)17-6-2/h9H,5-8H2,1-4H3,(H,13,15). The third kappa shape index (κ3) is 3.70. The Labute approximate surface area is 102 Å². The quantitative estimate of drug-likeness (QED) is 0.765. The molecule has 1 rings (SSSR count). The second kappa shape index (κ2) is 5.49. The average molecular weight is 242 g/mol. The van der Waals surface area contributed by atoms with Crippen molar-refractivity contribution in [1.82, 2.24) is 10.2 Å². The Balaban J connectivity index is 2.69. The fourth-order valence-corrected chi connectivity index (χ4v) is 2.08. The number of nitrogens with one attached hydrogen (secondary N) is 1. The normalized spacial score (nSPS) is 21.6. The maximum atomic E-state index is 12.0. The molecule has 1 saturated heterocycles. The summed E-state index contributed by atoms with van der Waals surface area (Å²) in [6, 6.07) is -0.381. The topological polar surface area (TPSA) is 58.6 Å². The second-order valence-corrected chi connectivity index (χ2v) is 4.92. The van der Waals surface area contributed by atoms with Crippen LogP contribution in [0, 0.1) is 0 Å². The Bertz CT molecular complexity index is 302. The maximum absolute atomic E-state index is 12.0. The van der Waals surface area contributed by atoms with Gasteiger partial charge in [-0.3, -0.25) is 9.59 Å². The highest BCUT2D eigenvalue weighted by molar-refractivity contribution is 5.94. The summed E-state index contributed by atoms with van der Waals surface area (Å²) in [6.45, 7) is 8.84. The lowest BCUT2D eigenvalue weighted by atomic mass is 10.1. The van der Waals surface area contributed by atoms with E-state index in [0.717, 1.165) is 0 Å². The molecule has 1 aliphatic rings. The molecule has 0 bridgehead atoms. The minimum atomic E-state index is -0.416. The summed E-state index contributed by atoms with van der Waals surface area (Å²) in [5.41, 5.74) is -0.416. The van der Waals surface area contributed by atoms with Crippen LogP contribution in [0.25, 0.3) is 0 Å². The van der Waals surface area contributed by atoms with Gasteiger partial charge in [-0.2, -0.15) is 0 Å². The van der Waals surface area contributed by atoms with Crippen molar-refractivity contribution in [2.45, 2.75) is 45.8 Å². The first-order valence-electron chi connectivity index (χ1n) is 6.11. The van der Waals surface area contributed by atoms with Crippen molar-refractivity contribution < 1.29 is 14.3 Å². The van der Waals surface area contributed by atoms with Gasteiger partial charge in [0.25, 0.3) is 0 Å². The molecule has 1 N–H and O–H groups in total. The SMILES string of the molecule is CCOC(C)(C)CN1CC(=O)NC(CC)C1=O. The van der Waals surface area contributed by atoms with Crippen molar-refractivity contribution >= 4 is 11.8 Å². The smallest absolute Gasteiger partial charge is 0.245 e. The van der Waals surface area contributed by atoms with Gasteiger partial charge in [0.1, 0.15) is 6.04 Å². The number of ether oxygens (including phenoxy) is 1. The van der Waals surface area contributed by atoms with Crippen molar-refractivity contribution in [3.63, 3.8) is 0 Å². The molecule has 0 radical (unpaired) electrons. The van der Waals surface area contributed by atoms with Crippen LogP contribution in [0.3, 0.4) is 0 Å². The lowest BCUT2D eigenvalue weighted by Crippen LogP contribution is -2.60. The van der Waals surface area contributed by atoms with E-state index in [1.807, 2.05) is 27.7 Å². The maximum Gasteiger partial charge on any atom is 0.245 e. The lowest BCUT2D eigenvalue weighted by molar-refractivity contribution is -0.148. The number of hydrogen-bond acceptors (Lipinski definition) is 3. The molecule has 0 aromatic rings. The highest BCUT2D eigenvalue weighted by Gasteiger charge is 2.34. The van der Waals surface area contributed by atoms with Gasteiger partial charge in [0.15, 0.2) is 0 Å². The van der Waals surface area contributed by atoms with Gasteiger partial charge in [0, 0.05) is 13.2 Å². The highest BCUT2D eigenvalue weighted by atomic mass is 16.5. The van der Waals surface area contributed by atoms with E-state index < -0.39 is 5.60 Å². The number of amides is 2. The van der Waals surface area contributed by atoms with E-state index in [-0.39, 0.29) is 24.4 Å². The molecule has 1 heterocycles. The first-order valence-corrected chi connectivity index (χ1v) is 6.11. The predicted octanol–water partition coefficient (Wildman–Crippen LogP) is 0.538. The van der Waals surface area contributed by atoms with Crippen LogP contribution >= 0.6 is 0 Å². The Morgan fingerprint density at radius 2 is 2.06 bits per heavy atom. The van der Waals surface area contributed by atoms with E-state index in [9.17, 15) is 9.59 Å². The van der Waals surface area contributed by atoms with E-state index in [2.05, 4.69) is 5.32 Å². The van der Waals surface area contributed by atoms with Crippen molar-refractivity contribution in [2.24, 2.45) is 0 Å². The van der Waals surface area contributed by atoms with Gasteiger partial charge in [-0.15, -0.1) is 0 Å². The Morgan fingerprint density at radius 1 is 1.41 bits per heavy atom. The zero-order valence-corrected chi connectivity index (χ0v) is 11.1. The van der Waals surface area contributed by atoms with Crippen LogP contribution in [0.2, 0.25) is 0 Å². The van der Waals surface area contributed by atoms with Crippen LogP contribution in [-0.4, -0.2) is 48.1 Å². The van der Waals surface area contributed by atoms with E-state index in [4.69, 9.17) is 4.74 Å². The summed E-state index contributed by atoms with van der Waals surface area (Å²) < 4.78 is 5.56. The number of rotatable bonds is 5. The number of carbonyl (C=O) groups is 2. The number of piperazine rings is 1. The van der Waals surface area contributed by atoms with Gasteiger partial charge in [0.2, 0.25) is 11.8 Å². The van der Waals surface area contributed by atoms with Crippen molar-refractivity contribution in [2.75, 3.05) is 19.7 Å². The van der Waals surface area contributed by atoms with Gasteiger partial charge in [0.05, 0.1) is 12.1 Å². The van der Waals surface area contributed by atoms with E-state index in [1.54, 1.807) is 4.90 Å². The van der Waals surface area contributed by atoms with Gasteiger partial charge in [-0.25, -0.2) is 0 Å². The van der Waals surface area contributed by atoms with Crippen LogP contribution in [0.5, 0.6) is 0 Å². The van der Waals surface area contributed by atoms with Crippen LogP contribution in [0.1, 0.15) is 34.1 Å². The van der Waals surface area contributed by atoms with Crippen LogP contribution < -0.4 is 5.32 Å². The summed E-state index contributed by atoms with van der Waals surface area (Å²) in [5.74, 6) is -0.108. The first kappa shape index (κ1) is 14.0. The molecular weight excluding hydrogens is 220 g/mol. The van der Waals surface area contributed by atoms with Gasteiger partial charge in [-0.1, -0.05) is 6.92 Å². The molecule has 5 heteroatoms. The van der Waals surface area contributed by atoms with Gasteiger partial charge >= 0.3 is 0 Å². The molecule has 0 aromatic carbocycles. The van der Waals surface area contributed by atoms with Crippen molar-refractivity contribution in [3.8, 4) is 0 Å². The molecule has 98 valence electrons. The minimum absolute atomic E-state index is 0.0140. The summed E-state index contributed by atoms with van der Waals surface area (Å²) in [4.78, 5) is 25.1. The predicted molar refractivity (Wildman–Crippen MR) is 64.5 cm³/mol. The zero-order valence-electron chi connectivity index (χ0n) is 11.1. The molecule has 1 unspecified atom stereocenters. The van der Waals surface area contributed by atoms with Crippen molar-refractivity contribution in [3.05, 3.63) is 0 Å². The van der Waals surface area contributed by atoms with Gasteiger partial charge in [-0.05, 0) is 27.2 Å². The largest absolute Gasteiger partial charge is 0.374 e. The zero-order chi connectivity index (χ0) is 13.1.